The molecular formula is C26H45N3O5. The van der Waals surface area contributed by atoms with Crippen LogP contribution in [-0.4, -0.2) is 70.7 Å². The van der Waals surface area contributed by atoms with Crippen LogP contribution in [-0.2, 0) is 19.1 Å². The van der Waals surface area contributed by atoms with Crippen LogP contribution in [0.15, 0.2) is 0 Å². The van der Waals surface area contributed by atoms with Crippen molar-refractivity contribution in [3.05, 3.63) is 0 Å². The number of amides is 3. The number of fused-ring (bicyclic) bond motifs is 1. The van der Waals surface area contributed by atoms with Crippen molar-refractivity contribution in [2.75, 3.05) is 20.2 Å². The van der Waals surface area contributed by atoms with E-state index in [1.807, 2.05) is 20.8 Å². The third-order valence-electron chi connectivity index (χ3n) is 7.79. The van der Waals surface area contributed by atoms with Crippen LogP contribution in [0.4, 0.5) is 0 Å². The minimum atomic E-state index is -0.976. The first-order valence-electron chi connectivity index (χ1n) is 12.9. The van der Waals surface area contributed by atoms with Gasteiger partial charge in [0, 0.05) is 25.7 Å². The van der Waals surface area contributed by atoms with Gasteiger partial charge in [0.15, 0.2) is 0 Å². The molecule has 2 bridgehead atoms. The van der Waals surface area contributed by atoms with Gasteiger partial charge in [0.1, 0.15) is 11.6 Å². The van der Waals surface area contributed by atoms with Crippen LogP contribution in [0.25, 0.3) is 0 Å². The maximum atomic E-state index is 13.9. The van der Waals surface area contributed by atoms with E-state index in [-0.39, 0.29) is 29.7 Å². The fourth-order valence-corrected chi connectivity index (χ4v) is 7.04. The molecule has 0 saturated carbocycles. The van der Waals surface area contributed by atoms with Crippen LogP contribution in [0.1, 0.15) is 86.5 Å². The number of aliphatic hydroxyl groups is 1. The number of unbranched alkanes of at least 4 members (excludes halogenated alkanes) is 3. The lowest BCUT2D eigenvalue weighted by atomic mass is 9.66. The van der Waals surface area contributed by atoms with Crippen molar-refractivity contribution >= 4 is 17.7 Å². The molecule has 0 aromatic heterocycles. The zero-order chi connectivity index (χ0) is 25.5. The van der Waals surface area contributed by atoms with E-state index in [9.17, 15) is 14.4 Å². The number of carbonyl (C=O) groups excluding carboxylic acids is 3. The molecule has 5 atom stereocenters. The highest BCUT2D eigenvalue weighted by Crippen LogP contribution is 2.63. The topological polar surface area (TPSA) is 108 Å². The summed E-state index contributed by atoms with van der Waals surface area (Å²) in [4.78, 5) is 42.3. The first-order chi connectivity index (χ1) is 15.7. The summed E-state index contributed by atoms with van der Waals surface area (Å²) in [6, 6.07) is -0.751. The molecule has 3 aliphatic heterocycles. The third kappa shape index (κ3) is 4.85. The minimum Gasteiger partial charge on any atom is -0.396 e. The average molecular weight is 480 g/mol. The molecule has 3 aliphatic rings. The largest absolute Gasteiger partial charge is 0.396 e. The van der Waals surface area contributed by atoms with Gasteiger partial charge in [0.25, 0.3) is 0 Å². The first-order valence-corrected chi connectivity index (χ1v) is 12.9. The Balaban J connectivity index is 1.92. The molecule has 8 heteroatoms. The predicted molar refractivity (Wildman–Crippen MR) is 130 cm³/mol. The quantitative estimate of drug-likeness (QED) is 0.417. The van der Waals surface area contributed by atoms with Gasteiger partial charge in [-0.25, -0.2) is 0 Å². The standard InChI is InChI=1S/C26H45N3O5/c1-23(2,3)16-24(4,5)28-21(32)19-26-13-12-25(6,34-26)17(20(31)27-7)18(26)22(33)29(19)14-10-8-9-11-15-30/h17-19,30H,8-16H2,1-7H3,(H,27,31)(H,28,32)/t17-,18+,19?,25+,26?/m1/s1. The molecule has 3 heterocycles. The molecule has 3 saturated heterocycles. The molecule has 3 fully saturated rings. The molecule has 0 aromatic carbocycles. The average Bonchev–Trinajstić information content (AvgIpc) is 3.26. The highest BCUT2D eigenvalue weighted by Gasteiger charge is 2.77. The van der Waals surface area contributed by atoms with Crippen LogP contribution in [0.5, 0.6) is 0 Å². The summed E-state index contributed by atoms with van der Waals surface area (Å²) in [5, 5.41) is 15.0. The summed E-state index contributed by atoms with van der Waals surface area (Å²) >= 11 is 0. The van der Waals surface area contributed by atoms with Gasteiger partial charge < -0.3 is 25.4 Å². The van der Waals surface area contributed by atoms with Crippen molar-refractivity contribution in [1.29, 1.82) is 0 Å². The van der Waals surface area contributed by atoms with Crippen molar-refractivity contribution in [1.82, 2.24) is 15.5 Å². The number of rotatable bonds is 10. The first kappa shape index (κ1) is 26.9. The van der Waals surface area contributed by atoms with Crippen LogP contribution in [0.3, 0.4) is 0 Å². The van der Waals surface area contributed by atoms with Gasteiger partial charge in [-0.15, -0.1) is 0 Å². The minimum absolute atomic E-state index is 0.0234. The van der Waals surface area contributed by atoms with Gasteiger partial charge in [0.05, 0.1) is 17.4 Å². The van der Waals surface area contributed by atoms with E-state index in [4.69, 9.17) is 9.84 Å². The number of nitrogens with zero attached hydrogens (tertiary/aromatic N) is 1. The Kier molecular flexibility index (Phi) is 7.46. The second-order valence-electron chi connectivity index (χ2n) is 12.6. The molecule has 0 radical (unpaired) electrons. The smallest absolute Gasteiger partial charge is 0.246 e. The molecule has 34 heavy (non-hydrogen) atoms. The number of nitrogens with one attached hydrogen (secondary N) is 2. The van der Waals surface area contributed by atoms with Crippen molar-refractivity contribution in [3.63, 3.8) is 0 Å². The van der Waals surface area contributed by atoms with Crippen molar-refractivity contribution < 1.29 is 24.2 Å². The summed E-state index contributed by atoms with van der Waals surface area (Å²) in [5.41, 5.74) is -2.15. The number of carbonyl (C=O) groups is 3. The lowest BCUT2D eigenvalue weighted by molar-refractivity contribution is -0.147. The Hall–Kier alpha value is -1.67. The van der Waals surface area contributed by atoms with Crippen molar-refractivity contribution in [3.8, 4) is 0 Å². The summed E-state index contributed by atoms with van der Waals surface area (Å²) in [6.45, 7) is 13.0. The van der Waals surface area contributed by atoms with Gasteiger partial charge in [-0.05, 0) is 58.3 Å². The Morgan fingerprint density at radius 2 is 1.74 bits per heavy atom. The van der Waals surface area contributed by atoms with Gasteiger partial charge in [-0.2, -0.15) is 0 Å². The molecule has 194 valence electrons. The molecule has 1 spiro atoms. The molecule has 0 aromatic rings. The maximum Gasteiger partial charge on any atom is 0.246 e. The van der Waals surface area contributed by atoms with Gasteiger partial charge in [-0.3, -0.25) is 14.4 Å². The zero-order valence-corrected chi connectivity index (χ0v) is 22.1. The lowest BCUT2D eigenvalue weighted by Gasteiger charge is -2.38. The second-order valence-corrected chi connectivity index (χ2v) is 12.6. The Bertz CT molecular complexity index is 807. The summed E-state index contributed by atoms with van der Waals surface area (Å²) in [6.07, 6.45) is 5.22. The predicted octanol–water partition coefficient (Wildman–Crippen LogP) is 2.38. The number of likely N-dealkylation sites (tertiary alicyclic amines) is 1. The molecule has 3 N–H and O–H groups in total. The molecule has 3 amide bonds. The Labute approximate surface area is 204 Å². The van der Waals surface area contributed by atoms with E-state index in [1.54, 1.807) is 11.9 Å². The summed E-state index contributed by atoms with van der Waals surface area (Å²) in [7, 11) is 1.59. The number of hydrogen-bond acceptors (Lipinski definition) is 5. The van der Waals surface area contributed by atoms with Crippen LogP contribution < -0.4 is 10.6 Å². The SMILES string of the molecule is CNC(=O)[C@H]1[C@H]2C(=O)N(CCCCCCO)C(C(=O)NC(C)(C)CC(C)(C)C)C23CC[C@]1(C)O3. The summed E-state index contributed by atoms with van der Waals surface area (Å²) < 4.78 is 6.58. The lowest BCUT2D eigenvalue weighted by Crippen LogP contribution is -2.59. The highest BCUT2D eigenvalue weighted by atomic mass is 16.5. The van der Waals surface area contributed by atoms with E-state index >= 15 is 0 Å². The van der Waals surface area contributed by atoms with Crippen LogP contribution in [0, 0.1) is 17.3 Å². The molecular weight excluding hydrogens is 434 g/mol. The molecule has 0 aliphatic carbocycles. The fraction of sp³-hybridized carbons (Fsp3) is 0.885. The van der Waals surface area contributed by atoms with Crippen molar-refractivity contribution in [2.45, 2.75) is 109 Å². The second kappa shape index (κ2) is 9.41. The Morgan fingerprint density at radius 3 is 2.32 bits per heavy atom. The monoisotopic (exact) mass is 479 g/mol. The maximum absolute atomic E-state index is 13.9. The van der Waals surface area contributed by atoms with E-state index < -0.39 is 34.6 Å². The van der Waals surface area contributed by atoms with Gasteiger partial charge in [0.2, 0.25) is 17.7 Å². The van der Waals surface area contributed by atoms with Crippen LogP contribution in [0.2, 0.25) is 0 Å². The van der Waals surface area contributed by atoms with E-state index in [2.05, 4.69) is 31.4 Å². The summed E-state index contributed by atoms with van der Waals surface area (Å²) in [5.74, 6) is -1.78. The zero-order valence-electron chi connectivity index (χ0n) is 22.1. The van der Waals surface area contributed by atoms with E-state index in [0.29, 0.717) is 19.4 Å². The molecule has 2 unspecified atom stereocenters. The van der Waals surface area contributed by atoms with Crippen LogP contribution >= 0.6 is 0 Å². The Morgan fingerprint density at radius 1 is 1.09 bits per heavy atom. The third-order valence-corrected chi connectivity index (χ3v) is 7.79. The highest BCUT2D eigenvalue weighted by molar-refractivity contribution is 5.99. The van der Waals surface area contributed by atoms with Gasteiger partial charge in [-0.1, -0.05) is 33.6 Å². The number of aliphatic hydroxyl groups excluding tert-OH is 1. The number of ether oxygens (including phenoxy) is 1. The molecule has 3 rings (SSSR count). The normalized spacial score (nSPS) is 32.8. The van der Waals surface area contributed by atoms with E-state index in [0.717, 1.165) is 32.1 Å². The van der Waals surface area contributed by atoms with Gasteiger partial charge >= 0.3 is 0 Å². The van der Waals surface area contributed by atoms with Crippen molar-refractivity contribution in [2.24, 2.45) is 17.3 Å². The van der Waals surface area contributed by atoms with E-state index in [1.165, 1.54) is 0 Å². The molecule has 8 nitrogen and oxygen atoms in total. The number of hydrogen-bond donors (Lipinski definition) is 3. The fourth-order valence-electron chi connectivity index (χ4n) is 7.04.